The predicted octanol–water partition coefficient (Wildman–Crippen LogP) is 2.44. The summed E-state index contributed by atoms with van der Waals surface area (Å²) in [6.45, 7) is 7.08. The molecule has 20 heavy (non-hydrogen) atoms. The van der Waals surface area contributed by atoms with Crippen molar-refractivity contribution < 1.29 is 12.8 Å². The van der Waals surface area contributed by atoms with Crippen LogP contribution in [0.1, 0.15) is 39.4 Å². The third-order valence-corrected chi connectivity index (χ3v) is 4.86. The second kappa shape index (κ2) is 7.24. The highest BCUT2D eigenvalue weighted by Gasteiger charge is 2.21. The minimum atomic E-state index is -3.48. The molecule has 0 bridgehead atoms. The zero-order valence-electron chi connectivity index (χ0n) is 13.0. The maximum Gasteiger partial charge on any atom is 0.275 e. The van der Waals surface area contributed by atoms with Crippen molar-refractivity contribution in [3.8, 4) is 0 Å². The lowest BCUT2D eigenvalue weighted by molar-refractivity contribution is 0.372. The van der Waals surface area contributed by atoms with Gasteiger partial charge >= 0.3 is 0 Å². The Bertz CT molecular complexity index is 506. The van der Waals surface area contributed by atoms with Crippen molar-refractivity contribution in [1.29, 1.82) is 0 Å². The topological polar surface area (TPSA) is 62.6 Å². The van der Waals surface area contributed by atoms with Crippen LogP contribution in [0.5, 0.6) is 0 Å². The summed E-state index contributed by atoms with van der Waals surface area (Å²) in [6.07, 6.45) is 2.27. The van der Waals surface area contributed by atoms with Gasteiger partial charge in [-0.3, -0.25) is 0 Å². The Balaban J connectivity index is 2.53. The monoisotopic (exact) mass is 302 g/mol. The molecule has 0 amide bonds. The third kappa shape index (κ3) is 4.92. The van der Waals surface area contributed by atoms with Gasteiger partial charge in [-0.25, -0.2) is 12.7 Å². The molecule has 5 nitrogen and oxygen atoms in total. The minimum Gasteiger partial charge on any atom is -0.447 e. The van der Waals surface area contributed by atoms with E-state index in [1.54, 1.807) is 6.07 Å². The quantitative estimate of drug-likeness (QED) is 0.801. The summed E-state index contributed by atoms with van der Waals surface area (Å²) in [5.41, 5.74) is 0. The predicted molar refractivity (Wildman–Crippen MR) is 80.0 cm³/mol. The standard InChI is InChI=1S/C14H26N2O3S/c1-11(2)6-7-12(3)15-10-13-8-9-14(19-13)20(17,18)16(4)5/h8-9,11-12,15H,6-7,10H2,1-5H3. The van der Waals surface area contributed by atoms with Gasteiger partial charge in [-0.1, -0.05) is 13.8 Å². The van der Waals surface area contributed by atoms with E-state index in [0.717, 1.165) is 10.7 Å². The molecule has 1 aromatic heterocycles. The summed E-state index contributed by atoms with van der Waals surface area (Å²) in [6, 6.07) is 3.60. The van der Waals surface area contributed by atoms with Gasteiger partial charge in [0.15, 0.2) is 0 Å². The molecule has 1 aromatic rings. The summed E-state index contributed by atoms with van der Waals surface area (Å²) < 4.78 is 30.3. The number of hydrogen-bond acceptors (Lipinski definition) is 4. The Morgan fingerprint density at radius 1 is 1.20 bits per heavy atom. The van der Waals surface area contributed by atoms with Crippen LogP contribution in [0.4, 0.5) is 0 Å². The van der Waals surface area contributed by atoms with Gasteiger partial charge in [0.1, 0.15) is 5.76 Å². The average molecular weight is 302 g/mol. The van der Waals surface area contributed by atoms with E-state index in [1.807, 2.05) is 0 Å². The van der Waals surface area contributed by atoms with Crippen molar-refractivity contribution in [2.45, 2.75) is 51.3 Å². The molecule has 1 N–H and O–H groups in total. The van der Waals surface area contributed by atoms with Crippen LogP contribution in [0.2, 0.25) is 0 Å². The Kier molecular flexibility index (Phi) is 6.23. The first-order chi connectivity index (χ1) is 9.23. The number of sulfonamides is 1. The summed E-state index contributed by atoms with van der Waals surface area (Å²) in [5, 5.41) is 3.34. The van der Waals surface area contributed by atoms with Gasteiger partial charge < -0.3 is 9.73 Å². The Morgan fingerprint density at radius 2 is 1.85 bits per heavy atom. The Morgan fingerprint density at radius 3 is 2.40 bits per heavy atom. The molecule has 1 heterocycles. The maximum atomic E-state index is 11.9. The minimum absolute atomic E-state index is 0.00543. The average Bonchev–Trinajstić information content (AvgIpc) is 2.83. The normalized spacial score (nSPS) is 14.2. The van der Waals surface area contributed by atoms with Crippen molar-refractivity contribution in [2.24, 2.45) is 5.92 Å². The van der Waals surface area contributed by atoms with Gasteiger partial charge in [-0.2, -0.15) is 0 Å². The fraction of sp³-hybridized carbons (Fsp3) is 0.714. The van der Waals surface area contributed by atoms with Crippen LogP contribution in [0.25, 0.3) is 0 Å². The second-order valence-corrected chi connectivity index (χ2v) is 7.84. The van der Waals surface area contributed by atoms with Crippen molar-refractivity contribution in [2.75, 3.05) is 14.1 Å². The first-order valence-corrected chi connectivity index (χ1v) is 8.42. The molecular formula is C14H26N2O3S. The lowest BCUT2D eigenvalue weighted by Crippen LogP contribution is -2.25. The number of furan rings is 1. The lowest BCUT2D eigenvalue weighted by Gasteiger charge is -2.14. The highest BCUT2D eigenvalue weighted by atomic mass is 32.2. The van der Waals surface area contributed by atoms with Gasteiger partial charge in [0, 0.05) is 20.1 Å². The molecule has 0 fully saturated rings. The maximum absolute atomic E-state index is 11.9. The molecule has 0 saturated carbocycles. The van der Waals surface area contributed by atoms with E-state index in [4.69, 9.17) is 4.42 Å². The van der Waals surface area contributed by atoms with Crippen molar-refractivity contribution in [1.82, 2.24) is 9.62 Å². The van der Waals surface area contributed by atoms with E-state index in [-0.39, 0.29) is 5.09 Å². The van der Waals surface area contributed by atoms with Crippen molar-refractivity contribution >= 4 is 10.0 Å². The van der Waals surface area contributed by atoms with Gasteiger partial charge in [-0.05, 0) is 37.8 Å². The molecule has 1 rings (SSSR count). The summed E-state index contributed by atoms with van der Waals surface area (Å²) in [4.78, 5) is 0. The van der Waals surface area contributed by atoms with E-state index in [2.05, 4.69) is 26.1 Å². The first kappa shape index (κ1) is 17.2. The van der Waals surface area contributed by atoms with Gasteiger partial charge in [-0.15, -0.1) is 0 Å². The summed E-state index contributed by atoms with van der Waals surface area (Å²) in [7, 11) is -0.498. The van der Waals surface area contributed by atoms with Crippen LogP contribution in [-0.2, 0) is 16.6 Å². The molecule has 1 unspecified atom stereocenters. The van der Waals surface area contributed by atoms with Crippen LogP contribution in [0, 0.1) is 5.92 Å². The fourth-order valence-corrected chi connectivity index (χ4v) is 2.54. The van der Waals surface area contributed by atoms with Gasteiger partial charge in [0.05, 0.1) is 6.54 Å². The third-order valence-electron chi connectivity index (χ3n) is 3.17. The first-order valence-electron chi connectivity index (χ1n) is 6.98. The van der Waals surface area contributed by atoms with E-state index in [0.29, 0.717) is 24.3 Å². The molecule has 0 radical (unpaired) electrons. The van der Waals surface area contributed by atoms with Gasteiger partial charge in [0.2, 0.25) is 5.09 Å². The van der Waals surface area contributed by atoms with Crippen LogP contribution in [0.15, 0.2) is 21.6 Å². The smallest absolute Gasteiger partial charge is 0.275 e. The highest BCUT2D eigenvalue weighted by molar-refractivity contribution is 7.88. The van der Waals surface area contributed by atoms with E-state index >= 15 is 0 Å². The van der Waals surface area contributed by atoms with Crippen LogP contribution in [-0.4, -0.2) is 32.9 Å². The molecule has 0 aliphatic rings. The molecule has 0 saturated heterocycles. The molecule has 0 aliphatic heterocycles. The van der Waals surface area contributed by atoms with Crippen molar-refractivity contribution in [3.63, 3.8) is 0 Å². The van der Waals surface area contributed by atoms with E-state index in [9.17, 15) is 8.42 Å². The van der Waals surface area contributed by atoms with E-state index in [1.165, 1.54) is 26.6 Å². The second-order valence-electron chi connectivity index (χ2n) is 5.76. The molecule has 0 aliphatic carbocycles. The number of rotatable bonds is 8. The number of hydrogen-bond donors (Lipinski definition) is 1. The SMILES string of the molecule is CC(C)CCC(C)NCc1ccc(S(=O)(=O)N(C)C)o1. The highest BCUT2D eigenvalue weighted by Crippen LogP contribution is 2.17. The molecule has 116 valence electrons. The molecule has 1 atom stereocenters. The van der Waals surface area contributed by atoms with Crippen LogP contribution < -0.4 is 5.32 Å². The van der Waals surface area contributed by atoms with Crippen LogP contribution >= 0.6 is 0 Å². The zero-order valence-corrected chi connectivity index (χ0v) is 13.8. The van der Waals surface area contributed by atoms with Crippen LogP contribution in [0.3, 0.4) is 0 Å². The molecule has 0 aromatic carbocycles. The Labute approximate surface area is 122 Å². The number of nitrogens with zero attached hydrogens (tertiary/aromatic N) is 1. The summed E-state index contributed by atoms with van der Waals surface area (Å²) in [5.74, 6) is 1.33. The number of nitrogens with one attached hydrogen (secondary N) is 1. The Hall–Kier alpha value is -0.850. The van der Waals surface area contributed by atoms with Crippen molar-refractivity contribution in [3.05, 3.63) is 17.9 Å². The largest absolute Gasteiger partial charge is 0.447 e. The zero-order chi connectivity index (χ0) is 15.3. The summed E-state index contributed by atoms with van der Waals surface area (Å²) >= 11 is 0. The lowest BCUT2D eigenvalue weighted by atomic mass is 10.0. The fourth-order valence-electron chi connectivity index (χ4n) is 1.73. The van der Waals surface area contributed by atoms with Gasteiger partial charge in [0.25, 0.3) is 10.0 Å². The van der Waals surface area contributed by atoms with E-state index < -0.39 is 10.0 Å². The molecule has 0 spiro atoms. The molecule has 6 heteroatoms. The molecular weight excluding hydrogens is 276 g/mol.